The smallest absolute Gasteiger partial charge is 0.331 e. The molecule has 244 valence electrons. The first-order valence-corrected chi connectivity index (χ1v) is 15.1. The highest BCUT2D eigenvalue weighted by Gasteiger charge is 2.43. The summed E-state index contributed by atoms with van der Waals surface area (Å²) in [4.78, 5) is 46.2. The number of hydrogen-bond acceptors (Lipinski definition) is 7. The van der Waals surface area contributed by atoms with Crippen molar-refractivity contribution in [2.45, 2.75) is 13.5 Å². The van der Waals surface area contributed by atoms with Crippen LogP contribution in [0.2, 0.25) is 0 Å². The number of anilines is 2. The Hall–Kier alpha value is -6.04. The molecule has 10 nitrogen and oxygen atoms in total. The Kier molecular flexibility index (Phi) is 9.15. The van der Waals surface area contributed by atoms with Crippen LogP contribution in [-0.4, -0.2) is 47.9 Å². The fourth-order valence-corrected chi connectivity index (χ4v) is 5.29. The van der Waals surface area contributed by atoms with Crippen molar-refractivity contribution in [1.82, 2.24) is 9.88 Å². The van der Waals surface area contributed by atoms with Gasteiger partial charge in [0.15, 0.2) is 23.1 Å². The highest BCUT2D eigenvalue weighted by atomic mass is 19.1. The van der Waals surface area contributed by atoms with Gasteiger partial charge in [-0.05, 0) is 61.0 Å². The number of nitrogens with one attached hydrogen (secondary N) is 1. The van der Waals surface area contributed by atoms with Crippen molar-refractivity contribution in [2.75, 3.05) is 30.4 Å². The number of methoxy groups -OCH3 is 1. The normalized spacial score (nSPS) is 14.6. The molecule has 1 aliphatic rings. The SMILES string of the molecule is CCN1CC(C(=O)Nc2ccc(Oc3ccnc4cc(OCc5ccccc5)c(OC)cc34)c(F)c2)C(=O)N(c2ccc(F)cc2)C1=O. The molecule has 0 saturated carbocycles. The molecule has 2 heterocycles. The summed E-state index contributed by atoms with van der Waals surface area (Å²) in [5.74, 6) is -3.01. The maximum absolute atomic E-state index is 15.4. The van der Waals surface area contributed by atoms with Crippen LogP contribution in [0.4, 0.5) is 25.0 Å². The van der Waals surface area contributed by atoms with E-state index in [1.54, 1.807) is 25.1 Å². The zero-order valence-corrected chi connectivity index (χ0v) is 26.0. The molecule has 1 aromatic heterocycles. The average molecular weight is 653 g/mol. The summed E-state index contributed by atoms with van der Waals surface area (Å²) < 4.78 is 46.3. The lowest BCUT2D eigenvalue weighted by Gasteiger charge is -2.37. The van der Waals surface area contributed by atoms with E-state index in [-0.39, 0.29) is 30.2 Å². The minimum absolute atomic E-state index is 0.0763. The molecule has 1 N–H and O–H groups in total. The summed E-state index contributed by atoms with van der Waals surface area (Å²) >= 11 is 0. The lowest BCUT2D eigenvalue weighted by molar-refractivity contribution is -0.132. The predicted molar refractivity (Wildman–Crippen MR) is 174 cm³/mol. The van der Waals surface area contributed by atoms with Crippen LogP contribution in [0.15, 0.2) is 97.2 Å². The lowest BCUT2D eigenvalue weighted by Crippen LogP contribution is -2.59. The Bertz CT molecular complexity index is 1990. The maximum atomic E-state index is 15.4. The molecule has 48 heavy (non-hydrogen) atoms. The van der Waals surface area contributed by atoms with Crippen LogP contribution in [0.5, 0.6) is 23.0 Å². The second kappa shape index (κ2) is 13.8. The summed E-state index contributed by atoms with van der Waals surface area (Å²) in [6.07, 6.45) is 1.53. The number of nitrogens with zero attached hydrogens (tertiary/aromatic N) is 3. The third-order valence-corrected chi connectivity index (χ3v) is 7.81. The number of imide groups is 1. The first-order chi connectivity index (χ1) is 23.2. The fraction of sp³-hybridized carbons (Fsp3) is 0.167. The predicted octanol–water partition coefficient (Wildman–Crippen LogP) is 6.94. The van der Waals surface area contributed by atoms with Gasteiger partial charge in [-0.25, -0.2) is 18.5 Å². The molecule has 0 aliphatic carbocycles. The molecule has 1 saturated heterocycles. The molecule has 1 atom stereocenters. The second-order valence-corrected chi connectivity index (χ2v) is 10.9. The van der Waals surface area contributed by atoms with Gasteiger partial charge < -0.3 is 24.4 Å². The molecule has 0 radical (unpaired) electrons. The molecule has 0 spiro atoms. The molecule has 4 aromatic carbocycles. The van der Waals surface area contributed by atoms with E-state index < -0.39 is 35.4 Å². The molecule has 4 amide bonds. The monoisotopic (exact) mass is 652 g/mol. The van der Waals surface area contributed by atoms with Gasteiger partial charge in [0.1, 0.15) is 24.1 Å². The van der Waals surface area contributed by atoms with Crippen LogP contribution >= 0.6 is 0 Å². The Labute approximate surface area is 274 Å². The number of benzene rings is 4. The van der Waals surface area contributed by atoms with Crippen LogP contribution in [0, 0.1) is 17.6 Å². The third-order valence-electron chi connectivity index (χ3n) is 7.81. The van der Waals surface area contributed by atoms with Crippen molar-refractivity contribution < 1.29 is 37.4 Å². The van der Waals surface area contributed by atoms with Gasteiger partial charge in [-0.2, -0.15) is 0 Å². The Balaban J connectivity index is 1.18. The lowest BCUT2D eigenvalue weighted by atomic mass is 10.0. The fourth-order valence-electron chi connectivity index (χ4n) is 5.29. The minimum atomic E-state index is -1.29. The molecular formula is C36H30F2N4O6. The zero-order chi connectivity index (χ0) is 33.8. The number of amides is 4. The summed E-state index contributed by atoms with van der Waals surface area (Å²) in [6.45, 7) is 2.09. The molecule has 0 bridgehead atoms. The average Bonchev–Trinajstić information content (AvgIpc) is 3.09. The van der Waals surface area contributed by atoms with E-state index >= 15 is 4.39 Å². The van der Waals surface area contributed by atoms with E-state index in [1.807, 2.05) is 30.3 Å². The van der Waals surface area contributed by atoms with Gasteiger partial charge in [0.25, 0.3) is 0 Å². The van der Waals surface area contributed by atoms with E-state index in [0.717, 1.165) is 28.7 Å². The molecule has 6 rings (SSSR count). The van der Waals surface area contributed by atoms with Crippen LogP contribution in [-0.2, 0) is 16.2 Å². The van der Waals surface area contributed by atoms with Gasteiger partial charge in [-0.3, -0.25) is 14.6 Å². The van der Waals surface area contributed by atoms with Crippen molar-refractivity contribution in [2.24, 2.45) is 5.92 Å². The van der Waals surface area contributed by atoms with Gasteiger partial charge in [0.05, 0.1) is 18.3 Å². The number of fused-ring (bicyclic) bond motifs is 1. The topological polar surface area (TPSA) is 110 Å². The summed E-state index contributed by atoms with van der Waals surface area (Å²) in [6, 6.07) is 22.7. The van der Waals surface area contributed by atoms with E-state index in [9.17, 15) is 18.8 Å². The summed E-state index contributed by atoms with van der Waals surface area (Å²) in [5.41, 5.74) is 1.72. The molecule has 1 unspecified atom stereocenters. The van der Waals surface area contributed by atoms with Crippen molar-refractivity contribution >= 4 is 40.1 Å². The van der Waals surface area contributed by atoms with Crippen LogP contribution in [0.3, 0.4) is 0 Å². The van der Waals surface area contributed by atoms with Crippen molar-refractivity contribution in [3.05, 3.63) is 114 Å². The van der Waals surface area contributed by atoms with Crippen molar-refractivity contribution in [1.29, 1.82) is 0 Å². The molecule has 5 aromatic rings. The molecular weight excluding hydrogens is 622 g/mol. The number of ether oxygens (including phenoxy) is 3. The number of pyridine rings is 1. The van der Waals surface area contributed by atoms with Crippen LogP contribution in [0.25, 0.3) is 10.9 Å². The maximum Gasteiger partial charge on any atom is 0.331 e. The first kappa shape index (κ1) is 31.9. The Morgan fingerprint density at radius 1 is 0.917 bits per heavy atom. The summed E-state index contributed by atoms with van der Waals surface area (Å²) in [5, 5.41) is 3.12. The Morgan fingerprint density at radius 2 is 1.69 bits per heavy atom. The van der Waals surface area contributed by atoms with Crippen LogP contribution in [0.1, 0.15) is 12.5 Å². The quantitative estimate of drug-likeness (QED) is 0.163. The Morgan fingerprint density at radius 3 is 2.40 bits per heavy atom. The van der Waals surface area contributed by atoms with E-state index in [4.69, 9.17) is 14.2 Å². The molecule has 1 fully saturated rings. The van der Waals surface area contributed by atoms with E-state index in [2.05, 4.69) is 10.3 Å². The number of urea groups is 1. The number of carbonyl (C=O) groups excluding carboxylic acids is 3. The number of aromatic nitrogens is 1. The summed E-state index contributed by atoms with van der Waals surface area (Å²) in [7, 11) is 1.51. The highest BCUT2D eigenvalue weighted by Crippen LogP contribution is 2.38. The first-order valence-electron chi connectivity index (χ1n) is 15.1. The number of hydrogen-bond donors (Lipinski definition) is 1. The molecule has 1 aliphatic heterocycles. The van der Waals surface area contributed by atoms with Gasteiger partial charge in [0.2, 0.25) is 11.8 Å². The van der Waals surface area contributed by atoms with Gasteiger partial charge in [-0.15, -0.1) is 0 Å². The number of halogens is 2. The third kappa shape index (κ3) is 6.59. The number of carbonyl (C=O) groups is 3. The second-order valence-electron chi connectivity index (χ2n) is 10.9. The van der Waals surface area contributed by atoms with Gasteiger partial charge >= 0.3 is 6.03 Å². The van der Waals surface area contributed by atoms with Crippen LogP contribution < -0.4 is 24.4 Å². The standard InChI is InChI=1S/C36H30F2N4O6/c1-3-41-20-27(35(44)42(36(41)45)25-12-9-23(37)10-13-25)34(43)40-24-11-14-31(28(38)17-24)48-30-15-16-39-29-19-33(32(46-2)18-26(29)30)47-21-22-7-5-4-6-8-22/h4-19,27H,3,20-21H2,1-2H3,(H,40,43). The minimum Gasteiger partial charge on any atom is -0.493 e. The largest absolute Gasteiger partial charge is 0.493 e. The molecule has 12 heteroatoms. The van der Waals surface area contributed by atoms with E-state index in [0.29, 0.717) is 34.8 Å². The van der Waals surface area contributed by atoms with Crippen molar-refractivity contribution in [3.8, 4) is 23.0 Å². The highest BCUT2D eigenvalue weighted by molar-refractivity contribution is 6.23. The van der Waals surface area contributed by atoms with Gasteiger partial charge in [0, 0.05) is 42.5 Å². The van der Waals surface area contributed by atoms with E-state index in [1.165, 1.54) is 42.5 Å². The van der Waals surface area contributed by atoms with Gasteiger partial charge in [-0.1, -0.05) is 30.3 Å². The zero-order valence-electron chi connectivity index (χ0n) is 26.0. The van der Waals surface area contributed by atoms with Crippen molar-refractivity contribution in [3.63, 3.8) is 0 Å². The number of rotatable bonds is 10.